The number of fused-ring (bicyclic) bond motifs is 1. The molecule has 2 N–H and O–H groups in total. The van der Waals surface area contributed by atoms with E-state index in [4.69, 9.17) is 16.7 Å². The lowest BCUT2D eigenvalue weighted by molar-refractivity contribution is -0.131. The lowest BCUT2D eigenvalue weighted by atomic mass is 9.98. The van der Waals surface area contributed by atoms with E-state index in [-0.39, 0.29) is 0 Å². The second-order valence-corrected chi connectivity index (χ2v) is 5.46. The molecule has 1 aromatic heterocycles. The third-order valence-corrected chi connectivity index (χ3v) is 3.77. The van der Waals surface area contributed by atoms with Crippen LogP contribution in [0.2, 0.25) is 5.02 Å². The number of allylic oxidation sites excluding steroid dienone is 1. The van der Waals surface area contributed by atoms with E-state index in [2.05, 4.69) is 4.98 Å². The number of halogens is 1. The van der Waals surface area contributed by atoms with Gasteiger partial charge in [0.15, 0.2) is 0 Å². The Morgan fingerprint density at radius 1 is 1.47 bits per heavy atom. The van der Waals surface area contributed by atoms with E-state index in [0.29, 0.717) is 10.9 Å². The minimum atomic E-state index is -0.891. The second kappa shape index (κ2) is 4.42. The number of aliphatic carboxylic acids is 1. The number of hydrogen-bond acceptors (Lipinski definition) is 1. The molecular formula is C15H14ClNO2. The Hall–Kier alpha value is -1.74. The highest BCUT2D eigenvalue weighted by molar-refractivity contribution is 6.31. The van der Waals surface area contributed by atoms with E-state index in [0.717, 1.165) is 40.6 Å². The average molecular weight is 276 g/mol. The van der Waals surface area contributed by atoms with Gasteiger partial charge in [-0.15, -0.1) is 0 Å². The predicted octanol–water partition coefficient (Wildman–Crippen LogP) is 4.01. The first kappa shape index (κ1) is 12.3. The van der Waals surface area contributed by atoms with Crippen molar-refractivity contribution in [2.75, 3.05) is 0 Å². The van der Waals surface area contributed by atoms with Crippen LogP contribution in [0, 0.1) is 12.8 Å². The number of carboxylic acids is 1. The molecule has 1 saturated carbocycles. The van der Waals surface area contributed by atoms with Crippen LogP contribution in [0.25, 0.3) is 16.5 Å². The zero-order valence-corrected chi connectivity index (χ0v) is 11.3. The van der Waals surface area contributed by atoms with E-state index < -0.39 is 5.97 Å². The van der Waals surface area contributed by atoms with Crippen LogP contribution in [0.15, 0.2) is 24.3 Å². The minimum absolute atomic E-state index is 0.368. The Balaban J connectivity index is 2.25. The van der Waals surface area contributed by atoms with Crippen molar-refractivity contribution in [1.82, 2.24) is 4.98 Å². The maximum atomic E-state index is 11.0. The number of benzene rings is 1. The molecule has 0 bridgehead atoms. The SMILES string of the molecule is Cc1[nH]c2ccc(Cl)cc2c1/C(=C/C(=O)O)C1CC1. The first-order valence-corrected chi connectivity index (χ1v) is 6.67. The predicted molar refractivity (Wildman–Crippen MR) is 76.4 cm³/mol. The van der Waals surface area contributed by atoms with Crippen LogP contribution in [0.4, 0.5) is 0 Å². The maximum Gasteiger partial charge on any atom is 0.328 e. The molecule has 1 fully saturated rings. The van der Waals surface area contributed by atoms with Gasteiger partial charge in [0, 0.05) is 33.3 Å². The molecule has 3 rings (SSSR count). The number of aromatic nitrogens is 1. The fourth-order valence-corrected chi connectivity index (χ4v) is 2.76. The number of rotatable bonds is 3. The smallest absolute Gasteiger partial charge is 0.328 e. The summed E-state index contributed by atoms with van der Waals surface area (Å²) in [6.45, 7) is 1.97. The summed E-state index contributed by atoms with van der Waals surface area (Å²) in [5.74, 6) is -0.523. The molecule has 0 atom stereocenters. The van der Waals surface area contributed by atoms with Gasteiger partial charge in [-0.1, -0.05) is 11.6 Å². The fraction of sp³-hybridized carbons (Fsp3) is 0.267. The third kappa shape index (κ3) is 2.26. The molecule has 3 nitrogen and oxygen atoms in total. The molecule has 4 heteroatoms. The first-order chi connectivity index (χ1) is 9.06. The molecule has 19 heavy (non-hydrogen) atoms. The number of aryl methyl sites for hydroxylation is 1. The number of H-pyrrole nitrogens is 1. The molecular weight excluding hydrogens is 262 g/mol. The molecule has 1 aromatic carbocycles. The summed E-state index contributed by atoms with van der Waals surface area (Å²) in [6.07, 6.45) is 3.46. The quantitative estimate of drug-likeness (QED) is 0.832. The van der Waals surface area contributed by atoms with Gasteiger partial charge >= 0.3 is 5.97 Å². The number of aromatic amines is 1. The summed E-state index contributed by atoms with van der Waals surface area (Å²) in [4.78, 5) is 14.3. The van der Waals surface area contributed by atoms with Crippen LogP contribution in [0.3, 0.4) is 0 Å². The number of carbonyl (C=O) groups is 1. The van der Waals surface area contributed by atoms with Crippen molar-refractivity contribution < 1.29 is 9.90 Å². The van der Waals surface area contributed by atoms with Crippen LogP contribution in [0.1, 0.15) is 24.1 Å². The summed E-state index contributed by atoms with van der Waals surface area (Å²) in [5.41, 5.74) is 3.91. The second-order valence-electron chi connectivity index (χ2n) is 5.03. The molecule has 0 aliphatic heterocycles. The van der Waals surface area contributed by atoms with E-state index >= 15 is 0 Å². The van der Waals surface area contributed by atoms with Crippen LogP contribution in [0.5, 0.6) is 0 Å². The number of hydrogen-bond donors (Lipinski definition) is 2. The van der Waals surface area contributed by atoms with Gasteiger partial charge in [0.2, 0.25) is 0 Å². The molecule has 1 heterocycles. The van der Waals surface area contributed by atoms with E-state index in [9.17, 15) is 4.79 Å². The summed E-state index contributed by atoms with van der Waals surface area (Å²) >= 11 is 6.06. The summed E-state index contributed by atoms with van der Waals surface area (Å²) < 4.78 is 0. The lowest BCUT2D eigenvalue weighted by Crippen LogP contribution is -1.95. The Morgan fingerprint density at radius 3 is 2.84 bits per heavy atom. The normalized spacial score (nSPS) is 16.0. The van der Waals surface area contributed by atoms with Gasteiger partial charge < -0.3 is 10.1 Å². The van der Waals surface area contributed by atoms with Crippen molar-refractivity contribution in [2.45, 2.75) is 19.8 Å². The van der Waals surface area contributed by atoms with Crippen molar-refractivity contribution in [1.29, 1.82) is 0 Å². The Labute approximate surface area is 115 Å². The van der Waals surface area contributed by atoms with Gasteiger partial charge in [-0.3, -0.25) is 0 Å². The molecule has 0 saturated heterocycles. The molecule has 0 unspecified atom stereocenters. The number of nitrogens with one attached hydrogen (secondary N) is 1. The Bertz CT molecular complexity index is 695. The molecule has 0 spiro atoms. The average Bonchev–Trinajstić information content (AvgIpc) is 3.10. The summed E-state index contributed by atoms with van der Waals surface area (Å²) in [6, 6.07) is 5.66. The zero-order chi connectivity index (χ0) is 13.6. The van der Waals surface area contributed by atoms with Crippen LogP contribution < -0.4 is 0 Å². The van der Waals surface area contributed by atoms with Gasteiger partial charge in [0.05, 0.1) is 0 Å². The molecule has 1 aliphatic carbocycles. The standard InChI is InChI=1S/C15H14ClNO2/c1-8-15(11(7-14(18)19)9-2-3-9)12-6-10(16)4-5-13(12)17-8/h4-7,9,17H,2-3H2,1H3,(H,18,19)/b11-7+. The maximum absolute atomic E-state index is 11.0. The summed E-state index contributed by atoms with van der Waals surface area (Å²) in [5, 5.41) is 10.7. The van der Waals surface area contributed by atoms with Gasteiger partial charge in [-0.05, 0) is 49.5 Å². The molecule has 0 amide bonds. The van der Waals surface area contributed by atoms with Crippen LogP contribution >= 0.6 is 11.6 Å². The van der Waals surface area contributed by atoms with E-state index in [1.807, 2.05) is 25.1 Å². The van der Waals surface area contributed by atoms with Crippen molar-refractivity contribution in [3.8, 4) is 0 Å². The van der Waals surface area contributed by atoms with Crippen molar-refractivity contribution in [3.63, 3.8) is 0 Å². The number of carboxylic acid groups (broad SMARTS) is 1. The van der Waals surface area contributed by atoms with Gasteiger partial charge in [0.25, 0.3) is 0 Å². The van der Waals surface area contributed by atoms with Crippen molar-refractivity contribution >= 4 is 34.0 Å². The lowest BCUT2D eigenvalue weighted by Gasteiger charge is -2.06. The molecule has 2 aromatic rings. The Morgan fingerprint density at radius 2 is 2.21 bits per heavy atom. The molecule has 98 valence electrons. The van der Waals surface area contributed by atoms with Gasteiger partial charge in [0.1, 0.15) is 0 Å². The highest BCUT2D eigenvalue weighted by atomic mass is 35.5. The topological polar surface area (TPSA) is 53.1 Å². The molecule has 1 aliphatic rings. The zero-order valence-electron chi connectivity index (χ0n) is 10.5. The highest BCUT2D eigenvalue weighted by Crippen LogP contribution is 2.45. The Kier molecular flexibility index (Phi) is 2.86. The monoisotopic (exact) mass is 275 g/mol. The van der Waals surface area contributed by atoms with Gasteiger partial charge in [-0.25, -0.2) is 4.79 Å². The van der Waals surface area contributed by atoms with E-state index in [1.165, 1.54) is 6.08 Å². The largest absolute Gasteiger partial charge is 0.478 e. The van der Waals surface area contributed by atoms with Gasteiger partial charge in [-0.2, -0.15) is 0 Å². The fourth-order valence-electron chi connectivity index (χ4n) is 2.59. The van der Waals surface area contributed by atoms with Crippen molar-refractivity contribution in [3.05, 3.63) is 40.6 Å². The van der Waals surface area contributed by atoms with Crippen LogP contribution in [-0.2, 0) is 4.79 Å². The van der Waals surface area contributed by atoms with Crippen LogP contribution in [-0.4, -0.2) is 16.1 Å². The minimum Gasteiger partial charge on any atom is -0.478 e. The van der Waals surface area contributed by atoms with E-state index in [1.54, 1.807) is 0 Å². The summed E-state index contributed by atoms with van der Waals surface area (Å²) in [7, 11) is 0. The molecule has 0 radical (unpaired) electrons. The first-order valence-electron chi connectivity index (χ1n) is 6.29. The van der Waals surface area contributed by atoms with Crippen molar-refractivity contribution in [2.24, 2.45) is 5.92 Å². The highest BCUT2D eigenvalue weighted by Gasteiger charge is 2.30. The third-order valence-electron chi connectivity index (χ3n) is 3.53.